The van der Waals surface area contributed by atoms with Crippen LogP contribution in [0.4, 0.5) is 5.69 Å². The van der Waals surface area contributed by atoms with Crippen LogP contribution in [0.25, 0.3) is 5.69 Å². The zero-order valence-corrected chi connectivity index (χ0v) is 19.9. The molecule has 0 aliphatic rings. The van der Waals surface area contributed by atoms with E-state index in [4.69, 9.17) is 0 Å². The minimum atomic E-state index is -0.210. The van der Waals surface area contributed by atoms with E-state index in [2.05, 4.69) is 32.9 Å². The Morgan fingerprint density at radius 3 is 2.32 bits per heavy atom. The third kappa shape index (κ3) is 6.11. The summed E-state index contributed by atoms with van der Waals surface area (Å²) >= 11 is 1.33. The lowest BCUT2D eigenvalue weighted by molar-refractivity contribution is -0.118. The molecule has 0 unspecified atom stereocenters. The molecule has 0 saturated carbocycles. The van der Waals surface area contributed by atoms with Crippen molar-refractivity contribution < 1.29 is 4.79 Å². The highest BCUT2D eigenvalue weighted by molar-refractivity contribution is 7.99. The van der Waals surface area contributed by atoms with Crippen LogP contribution in [-0.4, -0.2) is 46.7 Å². The molecule has 1 aromatic heterocycles. The third-order valence-electron chi connectivity index (χ3n) is 5.06. The van der Waals surface area contributed by atoms with Crippen molar-refractivity contribution in [3.63, 3.8) is 0 Å². The van der Waals surface area contributed by atoms with Gasteiger partial charge in [-0.05, 0) is 35.4 Å². The number of rotatable bonds is 9. The van der Waals surface area contributed by atoms with Crippen LogP contribution < -0.4 is 10.3 Å². The lowest BCUT2D eigenvalue weighted by Crippen LogP contribution is -2.20. The number of hydrazone groups is 1. The molecule has 0 radical (unpaired) electrons. The van der Waals surface area contributed by atoms with E-state index < -0.39 is 0 Å². The first-order valence-corrected chi connectivity index (χ1v) is 11.8. The van der Waals surface area contributed by atoms with Crippen molar-refractivity contribution in [3.8, 4) is 5.69 Å². The number of nitrogens with zero attached hydrogens (tertiary/aromatic N) is 5. The normalized spacial score (nSPS) is 11.0. The van der Waals surface area contributed by atoms with Crippen molar-refractivity contribution in [3.05, 3.63) is 102 Å². The van der Waals surface area contributed by atoms with Gasteiger partial charge < -0.3 is 4.90 Å². The minimum absolute atomic E-state index is 0.174. The van der Waals surface area contributed by atoms with Crippen molar-refractivity contribution in [2.75, 3.05) is 24.7 Å². The van der Waals surface area contributed by atoms with Crippen molar-refractivity contribution in [1.29, 1.82) is 0 Å². The van der Waals surface area contributed by atoms with E-state index >= 15 is 0 Å². The van der Waals surface area contributed by atoms with Crippen LogP contribution >= 0.6 is 11.8 Å². The van der Waals surface area contributed by atoms with Crippen LogP contribution in [0.5, 0.6) is 0 Å². The first-order valence-electron chi connectivity index (χ1n) is 10.9. The van der Waals surface area contributed by atoms with Crippen molar-refractivity contribution in [2.24, 2.45) is 5.10 Å². The average Bonchev–Trinajstić information content (AvgIpc) is 3.26. The molecule has 7 nitrogen and oxygen atoms in total. The standard InChI is InChI=1S/C26H26N6OS/c1-31(2)22-15-13-21(14-16-22)18-27-29-25(33)19-34-26-30-28-24(17-20-9-5-3-6-10-20)32(26)23-11-7-4-8-12-23/h3-16,18H,17,19H2,1-2H3,(H,29,33)/b27-18-. The quantitative estimate of drug-likeness (QED) is 0.226. The Morgan fingerprint density at radius 1 is 0.971 bits per heavy atom. The van der Waals surface area contributed by atoms with Gasteiger partial charge in [0, 0.05) is 31.9 Å². The largest absolute Gasteiger partial charge is 0.378 e. The number of anilines is 1. The Balaban J connectivity index is 1.41. The highest BCUT2D eigenvalue weighted by atomic mass is 32.2. The molecule has 0 fully saturated rings. The fourth-order valence-corrected chi connectivity index (χ4v) is 4.09. The Morgan fingerprint density at radius 2 is 1.65 bits per heavy atom. The summed E-state index contributed by atoms with van der Waals surface area (Å²) in [6, 6.07) is 28.0. The minimum Gasteiger partial charge on any atom is -0.378 e. The summed E-state index contributed by atoms with van der Waals surface area (Å²) in [5, 5.41) is 13.5. The van der Waals surface area contributed by atoms with Crippen LogP contribution in [0.15, 0.2) is 95.2 Å². The second-order valence-electron chi connectivity index (χ2n) is 7.80. The second-order valence-corrected chi connectivity index (χ2v) is 8.74. The van der Waals surface area contributed by atoms with E-state index in [0.29, 0.717) is 11.6 Å². The van der Waals surface area contributed by atoms with Gasteiger partial charge in [-0.25, -0.2) is 5.43 Å². The smallest absolute Gasteiger partial charge is 0.250 e. The number of amides is 1. The van der Waals surface area contributed by atoms with Crippen LogP contribution in [-0.2, 0) is 11.2 Å². The molecule has 34 heavy (non-hydrogen) atoms. The van der Waals surface area contributed by atoms with Crippen molar-refractivity contribution in [1.82, 2.24) is 20.2 Å². The summed E-state index contributed by atoms with van der Waals surface area (Å²) in [6.07, 6.45) is 2.28. The lowest BCUT2D eigenvalue weighted by atomic mass is 10.1. The predicted molar refractivity (Wildman–Crippen MR) is 138 cm³/mol. The molecule has 0 spiro atoms. The molecule has 3 aromatic carbocycles. The number of benzene rings is 3. The van der Waals surface area contributed by atoms with Gasteiger partial charge in [0.25, 0.3) is 5.91 Å². The molecule has 4 rings (SSSR count). The number of hydrogen-bond donors (Lipinski definition) is 1. The van der Waals surface area contributed by atoms with Gasteiger partial charge in [0.05, 0.1) is 12.0 Å². The van der Waals surface area contributed by atoms with Crippen molar-refractivity contribution >= 4 is 29.6 Å². The van der Waals surface area contributed by atoms with Crippen molar-refractivity contribution in [2.45, 2.75) is 11.6 Å². The van der Waals surface area contributed by atoms with E-state index in [1.54, 1.807) is 6.21 Å². The van der Waals surface area contributed by atoms with Gasteiger partial charge in [-0.1, -0.05) is 72.4 Å². The Kier molecular flexibility index (Phi) is 7.72. The molecule has 1 N–H and O–H groups in total. The first kappa shape index (κ1) is 23.3. The first-order chi connectivity index (χ1) is 16.6. The van der Waals surface area contributed by atoms with Gasteiger partial charge in [0.1, 0.15) is 5.82 Å². The predicted octanol–water partition coefficient (Wildman–Crippen LogP) is 4.17. The van der Waals surface area contributed by atoms with Crippen LogP contribution in [0, 0.1) is 0 Å². The summed E-state index contributed by atoms with van der Waals surface area (Å²) in [5.74, 6) is 0.783. The van der Waals surface area contributed by atoms with Gasteiger partial charge in [0.15, 0.2) is 5.16 Å². The zero-order chi connectivity index (χ0) is 23.8. The lowest BCUT2D eigenvalue weighted by Gasteiger charge is -2.11. The van der Waals surface area contributed by atoms with Gasteiger partial charge >= 0.3 is 0 Å². The summed E-state index contributed by atoms with van der Waals surface area (Å²) in [5.41, 5.74) is 6.71. The second kappa shape index (κ2) is 11.3. The van der Waals surface area contributed by atoms with E-state index in [-0.39, 0.29) is 11.7 Å². The Labute approximate surface area is 203 Å². The molecule has 1 amide bonds. The molecule has 1 heterocycles. The zero-order valence-electron chi connectivity index (χ0n) is 19.1. The molecule has 0 saturated heterocycles. The topological polar surface area (TPSA) is 75.4 Å². The summed E-state index contributed by atoms with van der Waals surface area (Å²) in [6.45, 7) is 0. The molecule has 0 atom stereocenters. The third-order valence-corrected chi connectivity index (χ3v) is 5.99. The van der Waals surface area contributed by atoms with Crippen LogP contribution in [0.2, 0.25) is 0 Å². The average molecular weight is 471 g/mol. The fraction of sp³-hybridized carbons (Fsp3) is 0.154. The number of hydrogen-bond acceptors (Lipinski definition) is 6. The maximum Gasteiger partial charge on any atom is 0.250 e. The monoisotopic (exact) mass is 470 g/mol. The highest BCUT2D eigenvalue weighted by Gasteiger charge is 2.16. The number of para-hydroxylation sites is 1. The maximum absolute atomic E-state index is 12.4. The molecule has 0 aliphatic heterocycles. The van der Waals surface area contributed by atoms with Gasteiger partial charge in [0.2, 0.25) is 0 Å². The molecule has 4 aromatic rings. The summed E-state index contributed by atoms with van der Waals surface area (Å²) < 4.78 is 2.00. The molecule has 0 aliphatic carbocycles. The van der Waals surface area contributed by atoms with Crippen LogP contribution in [0.1, 0.15) is 17.0 Å². The molecule has 172 valence electrons. The highest BCUT2D eigenvalue weighted by Crippen LogP contribution is 2.23. The number of thioether (sulfide) groups is 1. The number of aromatic nitrogens is 3. The Bertz CT molecular complexity index is 1240. The van der Waals surface area contributed by atoms with Gasteiger partial charge in [-0.2, -0.15) is 5.10 Å². The molecule has 0 bridgehead atoms. The summed E-state index contributed by atoms with van der Waals surface area (Å²) in [7, 11) is 3.98. The van der Waals surface area contributed by atoms with E-state index in [0.717, 1.165) is 28.3 Å². The number of carbonyl (C=O) groups excluding carboxylic acids is 1. The fourth-order valence-electron chi connectivity index (χ4n) is 3.32. The Hall–Kier alpha value is -3.91. The number of nitrogens with one attached hydrogen (secondary N) is 1. The molecule has 8 heteroatoms. The van der Waals surface area contributed by atoms with E-state index in [1.807, 2.05) is 96.4 Å². The SMILES string of the molecule is CN(C)c1ccc(/C=N\NC(=O)CSc2nnc(Cc3ccccc3)n2-c2ccccc2)cc1. The number of carbonyl (C=O) groups is 1. The van der Waals surface area contributed by atoms with E-state index in [1.165, 1.54) is 11.8 Å². The summed E-state index contributed by atoms with van der Waals surface area (Å²) in [4.78, 5) is 14.4. The van der Waals surface area contributed by atoms with Gasteiger partial charge in [-0.3, -0.25) is 9.36 Å². The maximum atomic E-state index is 12.4. The van der Waals surface area contributed by atoms with Crippen LogP contribution in [0.3, 0.4) is 0 Å². The molecular weight excluding hydrogens is 444 g/mol. The van der Waals surface area contributed by atoms with E-state index in [9.17, 15) is 4.79 Å². The van der Waals surface area contributed by atoms with Gasteiger partial charge in [-0.15, -0.1) is 10.2 Å². The molecular formula is C26H26N6OS.